The second-order valence-corrected chi connectivity index (χ2v) is 2.76. The predicted octanol–water partition coefficient (Wildman–Crippen LogP) is 1.49. The van der Waals surface area contributed by atoms with E-state index in [1.807, 2.05) is 0 Å². The van der Waals surface area contributed by atoms with Gasteiger partial charge in [-0.3, -0.25) is 9.59 Å². The third kappa shape index (κ3) is 3.25. The first-order valence-electron chi connectivity index (χ1n) is 3.59. The molecule has 0 N–H and O–H groups in total. The van der Waals surface area contributed by atoms with E-state index in [1.165, 1.54) is 0 Å². The van der Waals surface area contributed by atoms with Crippen molar-refractivity contribution in [2.45, 2.75) is 0 Å². The first-order chi connectivity index (χ1) is 6.22. The standard InChI is InChI=1S/C9H7ClO3/c10-7-1-3-9(4-2-7)13-6-8(12)5-11/h1-5H,6H2. The second kappa shape index (κ2) is 4.62. The molecule has 0 saturated heterocycles. The molecule has 13 heavy (non-hydrogen) atoms. The van der Waals surface area contributed by atoms with Crippen molar-refractivity contribution >= 4 is 23.7 Å². The maximum Gasteiger partial charge on any atom is 0.232 e. The zero-order chi connectivity index (χ0) is 9.68. The molecule has 0 bridgehead atoms. The van der Waals surface area contributed by atoms with Crippen LogP contribution >= 0.6 is 11.6 Å². The van der Waals surface area contributed by atoms with E-state index < -0.39 is 5.78 Å². The molecule has 3 nitrogen and oxygen atoms in total. The maximum atomic E-state index is 10.5. The predicted molar refractivity (Wildman–Crippen MR) is 48.0 cm³/mol. The van der Waals surface area contributed by atoms with Gasteiger partial charge < -0.3 is 4.74 Å². The number of Topliss-reactive ketones (excluding diaryl/α,β-unsaturated/α-hetero) is 1. The smallest absolute Gasteiger partial charge is 0.232 e. The van der Waals surface area contributed by atoms with Gasteiger partial charge in [0.2, 0.25) is 5.78 Å². The van der Waals surface area contributed by atoms with E-state index in [9.17, 15) is 9.59 Å². The highest BCUT2D eigenvalue weighted by atomic mass is 35.5. The van der Waals surface area contributed by atoms with E-state index in [0.29, 0.717) is 10.8 Å². The molecule has 0 aliphatic carbocycles. The number of rotatable bonds is 4. The Balaban J connectivity index is 2.50. The molecule has 0 amide bonds. The van der Waals surface area contributed by atoms with Gasteiger partial charge in [0.1, 0.15) is 5.75 Å². The van der Waals surface area contributed by atoms with Crippen molar-refractivity contribution in [1.29, 1.82) is 0 Å². The summed E-state index contributed by atoms with van der Waals surface area (Å²) in [7, 11) is 0. The van der Waals surface area contributed by atoms with Gasteiger partial charge in [0.25, 0.3) is 0 Å². The van der Waals surface area contributed by atoms with Gasteiger partial charge in [0.15, 0.2) is 12.9 Å². The molecule has 0 saturated carbocycles. The fraction of sp³-hybridized carbons (Fsp3) is 0.111. The summed E-state index contributed by atoms with van der Waals surface area (Å²) in [5, 5.41) is 0.592. The summed E-state index contributed by atoms with van der Waals surface area (Å²) < 4.78 is 4.97. The minimum atomic E-state index is -0.588. The van der Waals surface area contributed by atoms with Crippen LogP contribution in [0.3, 0.4) is 0 Å². The largest absolute Gasteiger partial charge is 0.485 e. The summed E-state index contributed by atoms with van der Waals surface area (Å²) in [6.45, 7) is -0.231. The van der Waals surface area contributed by atoms with Gasteiger partial charge >= 0.3 is 0 Å². The van der Waals surface area contributed by atoms with Crippen LogP contribution in [0.15, 0.2) is 24.3 Å². The normalized spacial score (nSPS) is 9.31. The lowest BCUT2D eigenvalue weighted by Gasteiger charge is -2.01. The average Bonchev–Trinajstić information content (AvgIpc) is 2.16. The molecule has 0 aliphatic heterocycles. The highest BCUT2D eigenvalue weighted by molar-refractivity contribution is 6.30. The van der Waals surface area contributed by atoms with E-state index in [-0.39, 0.29) is 12.9 Å². The molecule has 0 heterocycles. The molecule has 68 valence electrons. The Kier molecular flexibility index (Phi) is 3.46. The van der Waals surface area contributed by atoms with Gasteiger partial charge in [-0.25, -0.2) is 0 Å². The van der Waals surface area contributed by atoms with Crippen LogP contribution in [0.5, 0.6) is 5.75 Å². The zero-order valence-corrected chi connectivity index (χ0v) is 7.45. The zero-order valence-electron chi connectivity index (χ0n) is 6.70. The maximum absolute atomic E-state index is 10.5. The molecule has 0 radical (unpaired) electrons. The summed E-state index contributed by atoms with van der Waals surface area (Å²) in [5.41, 5.74) is 0. The molecule has 4 heteroatoms. The van der Waals surface area contributed by atoms with Crippen molar-refractivity contribution in [1.82, 2.24) is 0 Å². The molecule has 0 spiro atoms. The van der Waals surface area contributed by atoms with E-state index in [0.717, 1.165) is 0 Å². The lowest BCUT2D eigenvalue weighted by Crippen LogP contribution is -2.11. The SMILES string of the molecule is O=CC(=O)COc1ccc(Cl)cc1. The number of benzene rings is 1. The van der Waals surface area contributed by atoms with Crippen LogP contribution < -0.4 is 4.74 Å². The number of carbonyl (C=O) groups is 2. The molecule has 1 aromatic rings. The fourth-order valence-electron chi connectivity index (χ4n) is 0.719. The topological polar surface area (TPSA) is 43.4 Å². The summed E-state index contributed by atoms with van der Waals surface area (Å²) in [6.07, 6.45) is 0.232. The summed E-state index contributed by atoms with van der Waals surface area (Å²) in [5.74, 6) is -0.0745. The van der Waals surface area contributed by atoms with E-state index >= 15 is 0 Å². The summed E-state index contributed by atoms with van der Waals surface area (Å²) in [6, 6.07) is 6.53. The van der Waals surface area contributed by atoms with Crippen LogP contribution in [0.25, 0.3) is 0 Å². The van der Waals surface area contributed by atoms with E-state index in [4.69, 9.17) is 16.3 Å². The van der Waals surface area contributed by atoms with Gasteiger partial charge in [-0.1, -0.05) is 11.6 Å². The van der Waals surface area contributed by atoms with Crippen LogP contribution in [0.4, 0.5) is 0 Å². The van der Waals surface area contributed by atoms with Gasteiger partial charge in [0, 0.05) is 5.02 Å². The Morgan fingerprint density at radius 2 is 2.00 bits per heavy atom. The number of hydrogen-bond acceptors (Lipinski definition) is 3. The summed E-state index contributed by atoms with van der Waals surface area (Å²) in [4.78, 5) is 20.5. The molecular weight excluding hydrogens is 192 g/mol. The quantitative estimate of drug-likeness (QED) is 0.544. The highest BCUT2D eigenvalue weighted by Gasteiger charge is 1.99. The minimum absolute atomic E-state index is 0.231. The van der Waals surface area contributed by atoms with Crippen LogP contribution in [0, 0.1) is 0 Å². The number of ketones is 1. The number of hydrogen-bond donors (Lipinski definition) is 0. The second-order valence-electron chi connectivity index (χ2n) is 2.33. The monoisotopic (exact) mass is 198 g/mol. The molecule has 0 unspecified atom stereocenters. The van der Waals surface area contributed by atoms with E-state index in [1.54, 1.807) is 24.3 Å². The van der Waals surface area contributed by atoms with E-state index in [2.05, 4.69) is 0 Å². The first kappa shape index (κ1) is 9.74. The fourth-order valence-corrected chi connectivity index (χ4v) is 0.845. The van der Waals surface area contributed by atoms with Crippen LogP contribution in [0.2, 0.25) is 5.02 Å². The third-order valence-electron chi connectivity index (χ3n) is 1.33. The van der Waals surface area contributed by atoms with Gasteiger partial charge in [-0.2, -0.15) is 0 Å². The summed E-state index contributed by atoms with van der Waals surface area (Å²) >= 11 is 5.62. The minimum Gasteiger partial charge on any atom is -0.485 e. The Bertz CT molecular complexity index is 305. The van der Waals surface area contributed by atoms with Gasteiger partial charge in [-0.15, -0.1) is 0 Å². The molecule has 1 rings (SSSR count). The molecule has 0 atom stereocenters. The third-order valence-corrected chi connectivity index (χ3v) is 1.58. The highest BCUT2D eigenvalue weighted by Crippen LogP contribution is 2.15. The van der Waals surface area contributed by atoms with Crippen molar-refractivity contribution in [3.8, 4) is 5.75 Å². The van der Waals surface area contributed by atoms with Crippen molar-refractivity contribution in [2.75, 3.05) is 6.61 Å². The molecule has 0 fully saturated rings. The van der Waals surface area contributed by atoms with Crippen molar-refractivity contribution in [3.63, 3.8) is 0 Å². The molecule has 0 aliphatic rings. The average molecular weight is 199 g/mol. The molecule has 1 aromatic carbocycles. The number of halogens is 1. The Hall–Kier alpha value is -1.35. The Labute approximate surface area is 80.3 Å². The molecule has 0 aromatic heterocycles. The number of ether oxygens (including phenoxy) is 1. The lowest BCUT2D eigenvalue weighted by molar-refractivity contribution is -0.131. The number of carbonyl (C=O) groups excluding carboxylic acids is 2. The lowest BCUT2D eigenvalue weighted by atomic mass is 10.3. The van der Waals surface area contributed by atoms with Gasteiger partial charge in [-0.05, 0) is 24.3 Å². The van der Waals surface area contributed by atoms with Crippen molar-refractivity contribution < 1.29 is 14.3 Å². The first-order valence-corrected chi connectivity index (χ1v) is 3.96. The molecular formula is C9H7ClO3. The van der Waals surface area contributed by atoms with Crippen molar-refractivity contribution in [2.24, 2.45) is 0 Å². The van der Waals surface area contributed by atoms with Gasteiger partial charge in [0.05, 0.1) is 0 Å². The van der Waals surface area contributed by atoms with Crippen LogP contribution in [0.1, 0.15) is 0 Å². The van der Waals surface area contributed by atoms with Crippen LogP contribution in [-0.4, -0.2) is 18.7 Å². The van der Waals surface area contributed by atoms with Crippen LogP contribution in [-0.2, 0) is 9.59 Å². The van der Waals surface area contributed by atoms with Crippen molar-refractivity contribution in [3.05, 3.63) is 29.3 Å². The Morgan fingerprint density at radius 1 is 1.38 bits per heavy atom. The Morgan fingerprint density at radius 3 is 2.54 bits per heavy atom. The number of aldehydes is 1.